The molecule has 0 spiro atoms. The van der Waals surface area contributed by atoms with Crippen molar-refractivity contribution in [2.45, 2.75) is 40.2 Å². The number of nitrogens with two attached hydrogens (primary N) is 1. The Bertz CT molecular complexity index is 935. The third kappa shape index (κ3) is 2.77. The van der Waals surface area contributed by atoms with Crippen LogP contribution in [0.1, 0.15) is 41.6 Å². The van der Waals surface area contributed by atoms with E-state index in [2.05, 4.69) is 30.4 Å². The number of benzene rings is 1. The summed E-state index contributed by atoms with van der Waals surface area (Å²) in [6.07, 6.45) is 0. The van der Waals surface area contributed by atoms with Crippen LogP contribution in [-0.2, 0) is 0 Å². The average Bonchev–Trinajstić information content (AvgIpc) is 2.77. The number of rotatable bonds is 1. The average molecular weight is 327 g/mol. The minimum atomic E-state index is -0.301. The normalized spacial score (nSPS) is 12.0. The molecule has 0 unspecified atom stereocenters. The topological polar surface area (TPSA) is 68.0 Å². The lowest BCUT2D eigenvalue weighted by molar-refractivity contribution is 0.0924. The zero-order valence-corrected chi connectivity index (χ0v) is 14.9. The molecule has 23 heavy (non-hydrogen) atoms. The van der Waals surface area contributed by atoms with Gasteiger partial charge in [0.1, 0.15) is 9.71 Å². The van der Waals surface area contributed by atoms with Crippen LogP contribution >= 0.6 is 11.3 Å². The van der Waals surface area contributed by atoms with E-state index in [1.165, 1.54) is 11.3 Å². The Labute approximate surface area is 139 Å². The van der Waals surface area contributed by atoms with Gasteiger partial charge in [-0.2, -0.15) is 0 Å². The summed E-state index contributed by atoms with van der Waals surface area (Å²) in [5.41, 5.74) is 9.72. The summed E-state index contributed by atoms with van der Waals surface area (Å²) < 4.78 is 0. The molecule has 1 aromatic carbocycles. The molecular weight excluding hydrogens is 306 g/mol. The van der Waals surface area contributed by atoms with Gasteiger partial charge in [0.25, 0.3) is 5.91 Å². The van der Waals surface area contributed by atoms with Gasteiger partial charge in [0, 0.05) is 16.3 Å². The third-order valence-electron chi connectivity index (χ3n) is 3.80. The zero-order valence-electron chi connectivity index (χ0n) is 14.1. The molecule has 3 rings (SSSR count). The number of anilines is 1. The second kappa shape index (κ2) is 5.20. The van der Waals surface area contributed by atoms with Crippen molar-refractivity contribution >= 4 is 44.1 Å². The summed E-state index contributed by atoms with van der Waals surface area (Å²) in [4.78, 5) is 18.6. The highest BCUT2D eigenvalue weighted by Gasteiger charge is 2.22. The molecule has 0 saturated carbocycles. The van der Waals surface area contributed by atoms with Gasteiger partial charge in [-0.3, -0.25) is 4.79 Å². The molecule has 0 aliphatic carbocycles. The van der Waals surface area contributed by atoms with Crippen molar-refractivity contribution in [1.82, 2.24) is 10.3 Å². The largest absolute Gasteiger partial charge is 0.397 e. The van der Waals surface area contributed by atoms with Gasteiger partial charge in [0.15, 0.2) is 0 Å². The molecule has 3 aromatic rings. The number of aromatic nitrogens is 1. The summed E-state index contributed by atoms with van der Waals surface area (Å²) in [7, 11) is 0. The molecule has 4 nitrogen and oxygen atoms in total. The predicted octanol–water partition coefficient (Wildman–Crippen LogP) is 4.18. The van der Waals surface area contributed by atoms with E-state index >= 15 is 0 Å². The SMILES string of the molecule is Cc1ccc(C)c2nc3sc(C(=O)NC(C)(C)C)c(N)c3cc12. The first-order chi connectivity index (χ1) is 10.7. The Balaban J connectivity index is 2.22. The summed E-state index contributed by atoms with van der Waals surface area (Å²) in [5, 5.41) is 4.91. The van der Waals surface area contributed by atoms with Gasteiger partial charge in [-0.05, 0) is 51.8 Å². The van der Waals surface area contributed by atoms with Crippen molar-refractivity contribution in [3.05, 3.63) is 34.2 Å². The Kier molecular flexibility index (Phi) is 3.56. The van der Waals surface area contributed by atoms with Crippen LogP contribution in [0.3, 0.4) is 0 Å². The monoisotopic (exact) mass is 327 g/mol. The van der Waals surface area contributed by atoms with Crippen molar-refractivity contribution in [2.75, 3.05) is 5.73 Å². The number of hydrogen-bond acceptors (Lipinski definition) is 4. The van der Waals surface area contributed by atoms with Crippen LogP contribution < -0.4 is 11.1 Å². The molecule has 120 valence electrons. The maximum Gasteiger partial charge on any atom is 0.263 e. The molecule has 0 aliphatic rings. The molecule has 2 heterocycles. The summed E-state index contributed by atoms with van der Waals surface area (Å²) in [5.74, 6) is -0.143. The number of fused-ring (bicyclic) bond motifs is 2. The van der Waals surface area contributed by atoms with Crippen molar-refractivity contribution in [3.8, 4) is 0 Å². The first-order valence-electron chi connectivity index (χ1n) is 7.59. The Hall–Kier alpha value is -2.14. The number of pyridine rings is 1. The highest BCUT2D eigenvalue weighted by atomic mass is 32.1. The fourth-order valence-electron chi connectivity index (χ4n) is 2.63. The molecule has 2 aromatic heterocycles. The van der Waals surface area contributed by atoms with Crippen molar-refractivity contribution in [2.24, 2.45) is 0 Å². The number of aryl methyl sites for hydroxylation is 2. The van der Waals surface area contributed by atoms with Crippen LogP contribution in [0.2, 0.25) is 0 Å². The van der Waals surface area contributed by atoms with E-state index in [9.17, 15) is 4.79 Å². The number of nitrogens with zero attached hydrogens (tertiary/aromatic N) is 1. The molecule has 0 atom stereocenters. The van der Waals surface area contributed by atoms with E-state index in [1.807, 2.05) is 27.7 Å². The lowest BCUT2D eigenvalue weighted by Gasteiger charge is -2.19. The van der Waals surface area contributed by atoms with Crippen molar-refractivity contribution < 1.29 is 4.79 Å². The van der Waals surface area contributed by atoms with Crippen LogP contribution in [-0.4, -0.2) is 16.4 Å². The molecule has 0 radical (unpaired) electrons. The maximum atomic E-state index is 12.5. The quantitative estimate of drug-likeness (QED) is 0.704. The second-order valence-electron chi connectivity index (χ2n) is 6.99. The van der Waals surface area contributed by atoms with Gasteiger partial charge < -0.3 is 11.1 Å². The predicted molar refractivity (Wildman–Crippen MR) is 98.2 cm³/mol. The van der Waals surface area contributed by atoms with Crippen LogP contribution in [0.25, 0.3) is 21.1 Å². The van der Waals surface area contributed by atoms with E-state index in [0.29, 0.717) is 10.6 Å². The lowest BCUT2D eigenvalue weighted by atomic mass is 10.0. The van der Waals surface area contributed by atoms with E-state index in [1.54, 1.807) is 0 Å². The number of carbonyl (C=O) groups excluding carboxylic acids is 1. The minimum absolute atomic E-state index is 0.143. The molecule has 0 aliphatic heterocycles. The summed E-state index contributed by atoms with van der Waals surface area (Å²) in [6, 6.07) is 6.21. The number of nitrogen functional groups attached to an aromatic ring is 1. The maximum absolute atomic E-state index is 12.5. The molecular formula is C18H21N3OS. The van der Waals surface area contributed by atoms with E-state index < -0.39 is 0 Å². The van der Waals surface area contributed by atoms with Crippen LogP contribution in [0.5, 0.6) is 0 Å². The van der Waals surface area contributed by atoms with Gasteiger partial charge in [-0.1, -0.05) is 12.1 Å². The number of nitrogens with one attached hydrogen (secondary N) is 1. The first-order valence-corrected chi connectivity index (χ1v) is 8.40. The standard InChI is InChI=1S/C18H21N3OS/c1-9-6-7-10(2)14-11(9)8-12-13(19)15(23-17(12)20-14)16(22)21-18(3,4)5/h6-8H,19H2,1-5H3,(H,21,22). The van der Waals surface area contributed by atoms with E-state index in [0.717, 1.165) is 32.2 Å². The van der Waals surface area contributed by atoms with Crippen LogP contribution in [0, 0.1) is 13.8 Å². The van der Waals surface area contributed by atoms with Crippen LogP contribution in [0.4, 0.5) is 5.69 Å². The molecule has 0 bridgehead atoms. The number of amides is 1. The zero-order chi connectivity index (χ0) is 16.9. The molecule has 0 fully saturated rings. The van der Waals surface area contributed by atoms with Crippen molar-refractivity contribution in [1.29, 1.82) is 0 Å². The third-order valence-corrected chi connectivity index (χ3v) is 4.91. The number of carbonyl (C=O) groups is 1. The molecule has 1 amide bonds. The van der Waals surface area contributed by atoms with E-state index in [4.69, 9.17) is 10.7 Å². The van der Waals surface area contributed by atoms with Crippen molar-refractivity contribution in [3.63, 3.8) is 0 Å². The first kappa shape index (κ1) is 15.7. The van der Waals surface area contributed by atoms with E-state index in [-0.39, 0.29) is 11.4 Å². The fraction of sp³-hybridized carbons (Fsp3) is 0.333. The molecule has 0 saturated heterocycles. The fourth-order valence-corrected chi connectivity index (χ4v) is 3.60. The van der Waals surface area contributed by atoms with Gasteiger partial charge in [0.05, 0.1) is 11.2 Å². The van der Waals surface area contributed by atoms with Crippen LogP contribution in [0.15, 0.2) is 18.2 Å². The second-order valence-corrected chi connectivity index (χ2v) is 7.98. The Morgan fingerprint density at radius 1 is 1.17 bits per heavy atom. The highest BCUT2D eigenvalue weighted by Crippen LogP contribution is 2.36. The summed E-state index contributed by atoms with van der Waals surface area (Å²) in [6.45, 7) is 9.96. The summed E-state index contributed by atoms with van der Waals surface area (Å²) >= 11 is 1.35. The van der Waals surface area contributed by atoms with Gasteiger partial charge in [-0.15, -0.1) is 11.3 Å². The highest BCUT2D eigenvalue weighted by molar-refractivity contribution is 7.21. The number of hydrogen-bond donors (Lipinski definition) is 2. The lowest BCUT2D eigenvalue weighted by Crippen LogP contribution is -2.40. The molecule has 5 heteroatoms. The van der Waals surface area contributed by atoms with Gasteiger partial charge in [0.2, 0.25) is 0 Å². The Morgan fingerprint density at radius 2 is 1.83 bits per heavy atom. The number of thiophene rings is 1. The smallest absolute Gasteiger partial charge is 0.263 e. The minimum Gasteiger partial charge on any atom is -0.397 e. The van der Waals surface area contributed by atoms with Gasteiger partial charge in [-0.25, -0.2) is 4.98 Å². The molecule has 3 N–H and O–H groups in total. The Morgan fingerprint density at radius 3 is 2.48 bits per heavy atom. The van der Waals surface area contributed by atoms with Gasteiger partial charge >= 0.3 is 0 Å².